The lowest BCUT2D eigenvalue weighted by Crippen LogP contribution is -1.94. The molecule has 1 fully saturated rings. The Morgan fingerprint density at radius 2 is 2.30 bits per heavy atom. The minimum atomic E-state index is 0.308. The second-order valence-corrected chi connectivity index (χ2v) is 3.02. The first kappa shape index (κ1) is 7.52. The van der Waals surface area contributed by atoms with E-state index in [1.165, 1.54) is 0 Å². The monoisotopic (exact) mass is 138 g/mol. The number of carbonyl (C=O) groups is 1. The van der Waals surface area contributed by atoms with Gasteiger partial charge in [-0.3, -0.25) is 4.79 Å². The first-order valence-electron chi connectivity index (χ1n) is 3.85. The summed E-state index contributed by atoms with van der Waals surface area (Å²) in [5.41, 5.74) is 0. The fourth-order valence-corrected chi connectivity index (χ4v) is 1.82. The molecule has 0 spiro atoms. The van der Waals surface area contributed by atoms with Gasteiger partial charge in [-0.15, -0.1) is 6.58 Å². The molecule has 1 aliphatic carbocycles. The lowest BCUT2D eigenvalue weighted by molar-refractivity contribution is -0.118. The van der Waals surface area contributed by atoms with Gasteiger partial charge in [-0.25, -0.2) is 0 Å². The van der Waals surface area contributed by atoms with E-state index in [9.17, 15) is 4.79 Å². The maximum Gasteiger partial charge on any atom is 0.133 e. The zero-order chi connectivity index (χ0) is 7.72. The van der Waals surface area contributed by atoms with Crippen LogP contribution in [0.3, 0.4) is 0 Å². The Balaban J connectivity index is 2.51. The van der Waals surface area contributed by atoms with Gasteiger partial charge in [0, 0.05) is 5.92 Å². The molecule has 1 saturated carbocycles. The molecule has 1 nitrogen and oxygen atoms in total. The Morgan fingerprint density at radius 1 is 1.70 bits per heavy atom. The smallest absolute Gasteiger partial charge is 0.133 e. The zero-order valence-electron chi connectivity index (χ0n) is 6.63. The second-order valence-electron chi connectivity index (χ2n) is 3.02. The number of Topliss-reactive ketones (excluding diaryl/α,β-unsaturated/α-hetero) is 1. The molecule has 0 heterocycles. The summed E-state index contributed by atoms with van der Waals surface area (Å²) in [7, 11) is 0. The minimum Gasteiger partial charge on any atom is -0.300 e. The number of hydrogen-bond donors (Lipinski definition) is 0. The van der Waals surface area contributed by atoms with Crippen LogP contribution in [0.15, 0.2) is 12.7 Å². The van der Waals surface area contributed by atoms with Gasteiger partial charge < -0.3 is 0 Å². The minimum absolute atomic E-state index is 0.308. The molecule has 1 aliphatic rings. The Labute approximate surface area is 62.1 Å². The van der Waals surface area contributed by atoms with Crippen molar-refractivity contribution in [2.75, 3.05) is 0 Å². The zero-order valence-corrected chi connectivity index (χ0v) is 6.63. The van der Waals surface area contributed by atoms with E-state index in [4.69, 9.17) is 0 Å². The highest BCUT2D eigenvalue weighted by Crippen LogP contribution is 2.49. The van der Waals surface area contributed by atoms with Gasteiger partial charge >= 0.3 is 0 Å². The van der Waals surface area contributed by atoms with E-state index in [0.29, 0.717) is 23.5 Å². The third-order valence-electron chi connectivity index (χ3n) is 2.44. The molecule has 1 heteroatoms. The molecule has 3 unspecified atom stereocenters. The Hall–Kier alpha value is -0.590. The van der Waals surface area contributed by atoms with E-state index in [0.717, 1.165) is 6.42 Å². The van der Waals surface area contributed by atoms with E-state index in [1.54, 1.807) is 6.92 Å². The van der Waals surface area contributed by atoms with Gasteiger partial charge in [-0.2, -0.15) is 0 Å². The predicted molar refractivity (Wildman–Crippen MR) is 41.6 cm³/mol. The molecule has 0 saturated heterocycles. The van der Waals surface area contributed by atoms with Crippen LogP contribution >= 0.6 is 0 Å². The van der Waals surface area contributed by atoms with Crippen molar-refractivity contribution in [2.45, 2.75) is 20.3 Å². The van der Waals surface area contributed by atoms with Crippen molar-refractivity contribution >= 4 is 5.78 Å². The molecule has 3 atom stereocenters. The van der Waals surface area contributed by atoms with Crippen LogP contribution in [-0.4, -0.2) is 5.78 Å². The fraction of sp³-hybridized carbons (Fsp3) is 0.667. The maximum absolute atomic E-state index is 10.9. The average molecular weight is 138 g/mol. The van der Waals surface area contributed by atoms with Gasteiger partial charge in [0.25, 0.3) is 0 Å². The first-order valence-corrected chi connectivity index (χ1v) is 3.85. The number of carbonyl (C=O) groups excluding carboxylic acids is 1. The summed E-state index contributed by atoms with van der Waals surface area (Å²) < 4.78 is 0. The van der Waals surface area contributed by atoms with Gasteiger partial charge in [0.1, 0.15) is 5.78 Å². The molecule has 0 bridgehead atoms. The fourth-order valence-electron chi connectivity index (χ4n) is 1.82. The van der Waals surface area contributed by atoms with Crippen molar-refractivity contribution in [3.05, 3.63) is 12.7 Å². The van der Waals surface area contributed by atoms with E-state index in [1.807, 2.05) is 6.08 Å². The number of rotatable bonds is 3. The van der Waals surface area contributed by atoms with E-state index in [-0.39, 0.29) is 0 Å². The molecule has 0 aromatic rings. The van der Waals surface area contributed by atoms with Crippen LogP contribution < -0.4 is 0 Å². The lowest BCUT2D eigenvalue weighted by atomic mass is 10.2. The molecule has 56 valence electrons. The molecule has 10 heavy (non-hydrogen) atoms. The summed E-state index contributed by atoms with van der Waals surface area (Å²) in [5, 5.41) is 0. The molecular formula is C9H14O. The van der Waals surface area contributed by atoms with Crippen LogP contribution in [-0.2, 0) is 4.79 Å². The number of allylic oxidation sites excluding steroid dienone is 1. The van der Waals surface area contributed by atoms with E-state index in [2.05, 4.69) is 13.5 Å². The summed E-state index contributed by atoms with van der Waals surface area (Å²) in [6, 6.07) is 0. The van der Waals surface area contributed by atoms with Crippen LogP contribution in [0.4, 0.5) is 0 Å². The van der Waals surface area contributed by atoms with Gasteiger partial charge in [-0.05, 0) is 18.8 Å². The van der Waals surface area contributed by atoms with Crippen molar-refractivity contribution in [1.29, 1.82) is 0 Å². The average Bonchev–Trinajstić information content (AvgIpc) is 2.60. The molecule has 0 N–H and O–H groups in total. The molecule has 0 aliphatic heterocycles. The van der Waals surface area contributed by atoms with Gasteiger partial charge in [0.2, 0.25) is 0 Å². The largest absolute Gasteiger partial charge is 0.300 e. The standard InChI is InChI=1S/C9H14O/c1-4-7-8(5-2)9(7)6(3)10/h4,7-9H,1,5H2,2-3H3. The normalized spacial score (nSPS) is 37.2. The first-order chi connectivity index (χ1) is 4.72. The van der Waals surface area contributed by atoms with Crippen molar-refractivity contribution < 1.29 is 4.79 Å². The van der Waals surface area contributed by atoms with Crippen molar-refractivity contribution in [3.63, 3.8) is 0 Å². The van der Waals surface area contributed by atoms with Gasteiger partial charge in [0.15, 0.2) is 0 Å². The summed E-state index contributed by atoms with van der Waals surface area (Å²) in [5.74, 6) is 1.73. The summed E-state index contributed by atoms with van der Waals surface area (Å²) in [4.78, 5) is 10.9. The topological polar surface area (TPSA) is 17.1 Å². The quantitative estimate of drug-likeness (QED) is 0.545. The van der Waals surface area contributed by atoms with Crippen LogP contribution in [0.2, 0.25) is 0 Å². The van der Waals surface area contributed by atoms with Crippen molar-refractivity contribution in [3.8, 4) is 0 Å². The molecule has 0 radical (unpaired) electrons. The summed E-state index contributed by atoms with van der Waals surface area (Å²) in [6.07, 6.45) is 3.03. The highest BCUT2D eigenvalue weighted by atomic mass is 16.1. The summed E-state index contributed by atoms with van der Waals surface area (Å²) in [6.45, 7) is 7.51. The third kappa shape index (κ3) is 1.00. The second kappa shape index (κ2) is 2.57. The van der Waals surface area contributed by atoms with Gasteiger partial charge in [-0.1, -0.05) is 19.4 Å². The maximum atomic E-state index is 10.9. The molecule has 0 aromatic carbocycles. The Morgan fingerprint density at radius 3 is 2.40 bits per heavy atom. The van der Waals surface area contributed by atoms with Crippen LogP contribution in [0.1, 0.15) is 20.3 Å². The van der Waals surface area contributed by atoms with Crippen molar-refractivity contribution in [2.24, 2.45) is 17.8 Å². The van der Waals surface area contributed by atoms with Crippen LogP contribution in [0.25, 0.3) is 0 Å². The highest BCUT2D eigenvalue weighted by Gasteiger charge is 2.49. The van der Waals surface area contributed by atoms with E-state index < -0.39 is 0 Å². The van der Waals surface area contributed by atoms with Crippen molar-refractivity contribution in [1.82, 2.24) is 0 Å². The molecule has 1 rings (SSSR count). The molecule has 0 amide bonds. The lowest BCUT2D eigenvalue weighted by Gasteiger charge is -1.85. The third-order valence-corrected chi connectivity index (χ3v) is 2.44. The molecule has 0 aromatic heterocycles. The number of ketones is 1. The predicted octanol–water partition coefficient (Wildman–Crippen LogP) is 2.03. The van der Waals surface area contributed by atoms with Crippen LogP contribution in [0, 0.1) is 17.8 Å². The Bertz CT molecular complexity index is 160. The Kier molecular flexibility index (Phi) is 1.93. The SMILES string of the molecule is C=CC1C(CC)C1C(C)=O. The number of hydrogen-bond acceptors (Lipinski definition) is 1. The van der Waals surface area contributed by atoms with Gasteiger partial charge in [0.05, 0.1) is 0 Å². The highest BCUT2D eigenvalue weighted by molar-refractivity contribution is 5.82. The van der Waals surface area contributed by atoms with Crippen LogP contribution in [0.5, 0.6) is 0 Å². The molecular weight excluding hydrogens is 124 g/mol. The van der Waals surface area contributed by atoms with E-state index >= 15 is 0 Å². The summed E-state index contributed by atoms with van der Waals surface area (Å²) >= 11 is 0.